The molecule has 0 rings (SSSR count). The Morgan fingerprint density at radius 2 is 1.46 bits per heavy atom. The van der Waals surface area contributed by atoms with Crippen molar-refractivity contribution in [3.63, 3.8) is 0 Å². The van der Waals surface area contributed by atoms with Crippen LogP contribution in [0.1, 0.15) is 54.4 Å². The van der Waals surface area contributed by atoms with E-state index in [2.05, 4.69) is 48.5 Å². The van der Waals surface area contributed by atoms with Gasteiger partial charge < -0.3 is 0 Å². The van der Waals surface area contributed by atoms with E-state index in [0.717, 1.165) is 0 Å². The number of rotatable bonds is 3. The van der Waals surface area contributed by atoms with E-state index in [-0.39, 0.29) is 17.4 Å². The second-order valence-corrected chi connectivity index (χ2v) is 6.21. The normalized spacial score (nSPS) is 12.9. The molecule has 0 aromatic heterocycles. The molecule has 13 heavy (non-hydrogen) atoms. The Bertz CT molecular complexity index is 129. The SMILES string of the molecule is [AlH3].[CH2]C(C)CC(C)(C)CC(C)(C)C. The molecule has 0 bridgehead atoms. The van der Waals surface area contributed by atoms with Crippen LogP contribution in [-0.4, -0.2) is 17.4 Å². The fraction of sp³-hybridized carbons (Fsp3) is 0.917. The first kappa shape index (κ1) is 16.0. The van der Waals surface area contributed by atoms with Crippen LogP contribution in [0.3, 0.4) is 0 Å². The quantitative estimate of drug-likeness (QED) is 0.613. The lowest BCUT2D eigenvalue weighted by atomic mass is 9.72. The van der Waals surface area contributed by atoms with Crippen LogP contribution in [0.2, 0.25) is 0 Å². The molecule has 0 fully saturated rings. The first-order chi connectivity index (χ1) is 5.12. The van der Waals surface area contributed by atoms with Gasteiger partial charge in [-0.1, -0.05) is 48.5 Å². The highest BCUT2D eigenvalue weighted by Gasteiger charge is 2.25. The van der Waals surface area contributed by atoms with Gasteiger partial charge in [0.15, 0.2) is 17.4 Å². The van der Waals surface area contributed by atoms with Crippen LogP contribution in [0, 0.1) is 23.7 Å². The van der Waals surface area contributed by atoms with Gasteiger partial charge in [0.25, 0.3) is 0 Å². The zero-order valence-electron chi connectivity index (χ0n) is 9.70. The summed E-state index contributed by atoms with van der Waals surface area (Å²) in [6, 6.07) is 0. The van der Waals surface area contributed by atoms with Gasteiger partial charge in [0.1, 0.15) is 0 Å². The molecule has 0 saturated carbocycles. The molecule has 1 heteroatoms. The van der Waals surface area contributed by atoms with Gasteiger partial charge >= 0.3 is 0 Å². The van der Waals surface area contributed by atoms with E-state index in [9.17, 15) is 0 Å². The van der Waals surface area contributed by atoms with Crippen molar-refractivity contribution in [3.8, 4) is 0 Å². The van der Waals surface area contributed by atoms with Crippen LogP contribution in [0.15, 0.2) is 0 Å². The van der Waals surface area contributed by atoms with Crippen LogP contribution in [0.4, 0.5) is 0 Å². The van der Waals surface area contributed by atoms with Crippen molar-refractivity contribution in [1.82, 2.24) is 0 Å². The van der Waals surface area contributed by atoms with Gasteiger partial charge in [-0.15, -0.1) is 0 Å². The third kappa shape index (κ3) is 10.5. The van der Waals surface area contributed by atoms with Gasteiger partial charge in [-0.25, -0.2) is 0 Å². The lowest BCUT2D eigenvalue weighted by molar-refractivity contribution is 0.184. The fourth-order valence-electron chi connectivity index (χ4n) is 2.45. The Hall–Kier alpha value is 0.532. The maximum Gasteiger partial charge on any atom is 0.187 e. The Kier molecular flexibility index (Phi) is 6.67. The molecule has 1 atom stereocenters. The smallest absolute Gasteiger partial charge is 0.0625 e. The highest BCUT2D eigenvalue weighted by Crippen LogP contribution is 2.37. The van der Waals surface area contributed by atoms with Crippen molar-refractivity contribution < 1.29 is 0 Å². The maximum atomic E-state index is 4.05. The molecular formula is C12H28Al. The minimum Gasteiger partial charge on any atom is -0.0625 e. The molecule has 0 amide bonds. The zero-order chi connectivity index (χ0) is 9.99. The van der Waals surface area contributed by atoms with Gasteiger partial charge in [0.05, 0.1) is 0 Å². The average Bonchev–Trinajstić information content (AvgIpc) is 1.48. The van der Waals surface area contributed by atoms with Crippen LogP contribution >= 0.6 is 0 Å². The van der Waals surface area contributed by atoms with E-state index in [4.69, 9.17) is 0 Å². The minimum atomic E-state index is 0. The van der Waals surface area contributed by atoms with Gasteiger partial charge in [-0.2, -0.15) is 0 Å². The molecule has 0 spiro atoms. The summed E-state index contributed by atoms with van der Waals surface area (Å²) in [5.41, 5.74) is 0.887. The maximum absolute atomic E-state index is 4.05. The topological polar surface area (TPSA) is 0 Å². The Morgan fingerprint density at radius 3 is 1.69 bits per heavy atom. The first-order valence-corrected chi connectivity index (χ1v) is 4.95. The second kappa shape index (κ2) is 5.42. The van der Waals surface area contributed by atoms with E-state index in [1.165, 1.54) is 12.8 Å². The highest BCUT2D eigenvalue weighted by atomic mass is 27.0. The molecule has 1 unspecified atom stereocenters. The van der Waals surface area contributed by atoms with E-state index < -0.39 is 0 Å². The average molecular weight is 199 g/mol. The number of hydrogen-bond donors (Lipinski definition) is 0. The van der Waals surface area contributed by atoms with Crippen molar-refractivity contribution in [2.45, 2.75) is 54.4 Å². The van der Waals surface area contributed by atoms with Gasteiger partial charge in [-0.05, 0) is 29.6 Å². The molecule has 0 aromatic rings. The van der Waals surface area contributed by atoms with Crippen molar-refractivity contribution >= 4 is 17.4 Å². The summed E-state index contributed by atoms with van der Waals surface area (Å²) in [6.07, 6.45) is 2.50. The van der Waals surface area contributed by atoms with Crippen molar-refractivity contribution in [1.29, 1.82) is 0 Å². The van der Waals surface area contributed by atoms with Gasteiger partial charge in [0.2, 0.25) is 0 Å². The molecule has 0 saturated heterocycles. The number of hydrogen-bond acceptors (Lipinski definition) is 0. The summed E-state index contributed by atoms with van der Waals surface area (Å²) in [7, 11) is 0. The van der Waals surface area contributed by atoms with Gasteiger partial charge in [-0.3, -0.25) is 0 Å². The third-order valence-electron chi connectivity index (χ3n) is 1.91. The van der Waals surface area contributed by atoms with E-state index in [0.29, 0.717) is 16.7 Å². The van der Waals surface area contributed by atoms with E-state index in [1.807, 2.05) is 0 Å². The molecule has 79 valence electrons. The van der Waals surface area contributed by atoms with Crippen LogP contribution in [-0.2, 0) is 0 Å². The molecule has 0 aromatic carbocycles. The fourth-order valence-corrected chi connectivity index (χ4v) is 2.45. The second-order valence-electron chi connectivity index (χ2n) is 6.21. The molecule has 0 aliphatic rings. The predicted molar refractivity (Wildman–Crippen MR) is 66.9 cm³/mol. The standard InChI is InChI=1S/C12H25.Al.3H/c1-10(2)8-12(6,7)9-11(3,4)5;;;;/h10H,1,8-9H2,2-7H3;;;;. The summed E-state index contributed by atoms with van der Waals surface area (Å²) >= 11 is 0. The lowest BCUT2D eigenvalue weighted by Gasteiger charge is -2.33. The molecule has 0 aliphatic heterocycles. The molecule has 1 radical (unpaired) electrons. The third-order valence-corrected chi connectivity index (χ3v) is 1.91. The van der Waals surface area contributed by atoms with Crippen LogP contribution in [0.25, 0.3) is 0 Å². The van der Waals surface area contributed by atoms with Crippen molar-refractivity contribution in [2.24, 2.45) is 16.7 Å². The molecule has 0 N–H and O–H groups in total. The lowest BCUT2D eigenvalue weighted by Crippen LogP contribution is -2.22. The molecule has 0 nitrogen and oxygen atoms in total. The summed E-state index contributed by atoms with van der Waals surface area (Å²) < 4.78 is 0. The molecule has 0 aliphatic carbocycles. The Labute approximate surface area is 95.6 Å². The van der Waals surface area contributed by atoms with Crippen LogP contribution in [0.5, 0.6) is 0 Å². The van der Waals surface area contributed by atoms with E-state index >= 15 is 0 Å². The largest absolute Gasteiger partial charge is 0.187 e. The Balaban J connectivity index is 0. The summed E-state index contributed by atoms with van der Waals surface area (Å²) in [5, 5.41) is 0. The monoisotopic (exact) mass is 199 g/mol. The van der Waals surface area contributed by atoms with Crippen molar-refractivity contribution in [3.05, 3.63) is 6.92 Å². The summed E-state index contributed by atoms with van der Waals surface area (Å²) in [6.45, 7) is 17.9. The molecular weight excluding hydrogens is 171 g/mol. The predicted octanol–water partition coefficient (Wildman–Crippen LogP) is 3.13. The molecule has 0 heterocycles. The minimum absolute atomic E-state index is 0. The summed E-state index contributed by atoms with van der Waals surface area (Å²) in [5.74, 6) is 0.572. The van der Waals surface area contributed by atoms with Crippen molar-refractivity contribution in [2.75, 3.05) is 0 Å². The summed E-state index contributed by atoms with van der Waals surface area (Å²) in [4.78, 5) is 0. The zero-order valence-corrected chi connectivity index (χ0v) is 9.70. The first-order valence-electron chi connectivity index (χ1n) is 4.95. The van der Waals surface area contributed by atoms with Gasteiger partial charge in [0, 0.05) is 0 Å². The highest BCUT2D eigenvalue weighted by molar-refractivity contribution is 5.75. The van der Waals surface area contributed by atoms with Crippen LogP contribution < -0.4 is 0 Å². The Morgan fingerprint density at radius 1 is 1.08 bits per heavy atom. The van der Waals surface area contributed by atoms with E-state index in [1.54, 1.807) is 0 Å².